The fraction of sp³-hybridized carbons (Fsp3) is 0.800. The van der Waals surface area contributed by atoms with Crippen LogP contribution in [0.15, 0.2) is 12.4 Å². The summed E-state index contributed by atoms with van der Waals surface area (Å²) < 4.78 is 2.26. The van der Waals surface area contributed by atoms with E-state index in [1.54, 1.807) is 0 Å². The minimum absolute atomic E-state index is 0.389. The van der Waals surface area contributed by atoms with E-state index in [4.69, 9.17) is 0 Å². The second-order valence-corrected chi connectivity index (χ2v) is 6.23. The second-order valence-electron chi connectivity index (χ2n) is 6.23. The van der Waals surface area contributed by atoms with E-state index in [1.807, 2.05) is 6.20 Å². The van der Waals surface area contributed by atoms with Gasteiger partial charge in [0.05, 0.1) is 0 Å². The molecule has 1 unspecified atom stereocenters. The highest BCUT2D eigenvalue weighted by Gasteiger charge is 2.32. The standard InChI is InChI=1S/C15H27N3/c1-4-5-11-18-12-10-16-14(18)17-13-8-6-7-9-15(13,2)3/h10,12-13H,4-9,11H2,1-3H3,(H,16,17). The summed E-state index contributed by atoms with van der Waals surface area (Å²) in [6, 6.07) is 0.564. The monoisotopic (exact) mass is 249 g/mol. The van der Waals surface area contributed by atoms with E-state index in [1.165, 1.54) is 38.5 Å². The van der Waals surface area contributed by atoms with E-state index in [-0.39, 0.29) is 0 Å². The van der Waals surface area contributed by atoms with Crippen molar-refractivity contribution >= 4 is 5.95 Å². The highest BCUT2D eigenvalue weighted by molar-refractivity contribution is 5.29. The predicted octanol–water partition coefficient (Wildman–Crippen LogP) is 4.06. The number of aryl methyl sites for hydroxylation is 1. The average Bonchev–Trinajstić information content (AvgIpc) is 2.76. The van der Waals surface area contributed by atoms with Crippen molar-refractivity contribution in [3.63, 3.8) is 0 Å². The van der Waals surface area contributed by atoms with Crippen LogP contribution in [0.3, 0.4) is 0 Å². The molecule has 1 fully saturated rings. The zero-order valence-electron chi connectivity index (χ0n) is 12.1. The van der Waals surface area contributed by atoms with Crippen LogP contribution in [-0.4, -0.2) is 15.6 Å². The van der Waals surface area contributed by atoms with Crippen LogP contribution in [0, 0.1) is 5.41 Å². The van der Waals surface area contributed by atoms with Gasteiger partial charge in [-0.3, -0.25) is 0 Å². The maximum Gasteiger partial charge on any atom is 0.203 e. The normalized spacial score (nSPS) is 22.9. The number of anilines is 1. The number of unbranched alkanes of at least 4 members (excludes halogenated alkanes) is 1. The van der Waals surface area contributed by atoms with Gasteiger partial charge in [-0.1, -0.05) is 40.0 Å². The quantitative estimate of drug-likeness (QED) is 0.852. The molecule has 102 valence electrons. The van der Waals surface area contributed by atoms with E-state index in [2.05, 4.69) is 41.8 Å². The molecule has 0 aliphatic heterocycles. The van der Waals surface area contributed by atoms with E-state index in [0.29, 0.717) is 11.5 Å². The van der Waals surface area contributed by atoms with Gasteiger partial charge in [0.25, 0.3) is 0 Å². The number of hydrogen-bond acceptors (Lipinski definition) is 2. The highest BCUT2D eigenvalue weighted by atomic mass is 15.2. The Hall–Kier alpha value is -0.990. The maximum atomic E-state index is 4.48. The summed E-state index contributed by atoms with van der Waals surface area (Å²) in [6.45, 7) is 8.06. The summed E-state index contributed by atoms with van der Waals surface area (Å²) in [4.78, 5) is 4.48. The van der Waals surface area contributed by atoms with Crippen molar-refractivity contribution in [1.29, 1.82) is 0 Å². The van der Waals surface area contributed by atoms with Crippen molar-refractivity contribution in [2.24, 2.45) is 5.41 Å². The molecule has 1 heterocycles. The number of imidazole rings is 1. The zero-order chi connectivity index (χ0) is 13.0. The van der Waals surface area contributed by atoms with Gasteiger partial charge in [-0.2, -0.15) is 0 Å². The minimum Gasteiger partial charge on any atom is -0.352 e. The number of aromatic nitrogens is 2. The van der Waals surface area contributed by atoms with Crippen molar-refractivity contribution < 1.29 is 0 Å². The van der Waals surface area contributed by atoms with Gasteiger partial charge in [0.2, 0.25) is 5.95 Å². The molecule has 1 aromatic heterocycles. The van der Waals surface area contributed by atoms with Crippen molar-refractivity contribution in [2.45, 2.75) is 71.9 Å². The topological polar surface area (TPSA) is 29.9 Å². The predicted molar refractivity (Wildman–Crippen MR) is 76.8 cm³/mol. The Bertz CT molecular complexity index is 368. The molecule has 1 saturated carbocycles. The first kappa shape index (κ1) is 13.4. The molecular weight excluding hydrogens is 222 g/mol. The molecule has 1 aliphatic rings. The van der Waals surface area contributed by atoms with Crippen LogP contribution in [0.25, 0.3) is 0 Å². The molecule has 0 bridgehead atoms. The fourth-order valence-electron chi connectivity index (χ4n) is 2.88. The lowest BCUT2D eigenvalue weighted by atomic mass is 9.73. The van der Waals surface area contributed by atoms with Gasteiger partial charge >= 0.3 is 0 Å². The van der Waals surface area contributed by atoms with Crippen LogP contribution < -0.4 is 5.32 Å². The van der Waals surface area contributed by atoms with E-state index < -0.39 is 0 Å². The van der Waals surface area contributed by atoms with Gasteiger partial charge in [0.1, 0.15) is 0 Å². The highest BCUT2D eigenvalue weighted by Crippen LogP contribution is 2.37. The Kier molecular flexibility index (Phi) is 4.31. The second kappa shape index (κ2) is 5.77. The Morgan fingerprint density at radius 2 is 2.28 bits per heavy atom. The molecule has 0 amide bonds. The van der Waals surface area contributed by atoms with Crippen LogP contribution in [-0.2, 0) is 6.54 Å². The first-order chi connectivity index (χ1) is 8.63. The third-order valence-electron chi connectivity index (χ3n) is 4.28. The van der Waals surface area contributed by atoms with E-state index >= 15 is 0 Å². The average molecular weight is 249 g/mol. The van der Waals surface area contributed by atoms with Crippen molar-refractivity contribution in [2.75, 3.05) is 5.32 Å². The smallest absolute Gasteiger partial charge is 0.203 e. The summed E-state index contributed by atoms with van der Waals surface area (Å²) in [7, 11) is 0. The first-order valence-electron chi connectivity index (χ1n) is 7.41. The number of hydrogen-bond donors (Lipinski definition) is 1. The summed E-state index contributed by atoms with van der Waals surface area (Å²) in [6.07, 6.45) is 11.8. The Morgan fingerprint density at radius 1 is 1.44 bits per heavy atom. The van der Waals surface area contributed by atoms with Gasteiger partial charge in [0.15, 0.2) is 0 Å². The van der Waals surface area contributed by atoms with Gasteiger partial charge < -0.3 is 9.88 Å². The SMILES string of the molecule is CCCCn1ccnc1NC1CCCCC1(C)C. The van der Waals surface area contributed by atoms with Gasteiger partial charge in [0, 0.05) is 25.0 Å². The summed E-state index contributed by atoms with van der Waals surface area (Å²) >= 11 is 0. The molecule has 3 heteroatoms. The van der Waals surface area contributed by atoms with E-state index in [9.17, 15) is 0 Å². The fourth-order valence-corrected chi connectivity index (χ4v) is 2.88. The molecule has 3 nitrogen and oxygen atoms in total. The number of nitrogens with one attached hydrogen (secondary N) is 1. The lowest BCUT2D eigenvalue weighted by molar-refractivity contribution is 0.216. The molecule has 1 aliphatic carbocycles. The van der Waals surface area contributed by atoms with Crippen LogP contribution in [0.1, 0.15) is 59.3 Å². The Morgan fingerprint density at radius 3 is 3.00 bits per heavy atom. The molecule has 1 aromatic rings. The zero-order valence-corrected chi connectivity index (χ0v) is 12.1. The summed E-state index contributed by atoms with van der Waals surface area (Å²) in [5.41, 5.74) is 0.389. The maximum absolute atomic E-state index is 4.48. The van der Waals surface area contributed by atoms with Crippen LogP contribution in [0.5, 0.6) is 0 Å². The number of nitrogens with zero attached hydrogens (tertiary/aromatic N) is 2. The molecule has 0 spiro atoms. The summed E-state index contributed by atoms with van der Waals surface area (Å²) in [5.74, 6) is 1.06. The van der Waals surface area contributed by atoms with Gasteiger partial charge in [-0.25, -0.2) is 4.98 Å². The minimum atomic E-state index is 0.389. The van der Waals surface area contributed by atoms with Crippen molar-refractivity contribution in [3.05, 3.63) is 12.4 Å². The molecule has 0 saturated heterocycles. The Labute approximate surface area is 111 Å². The third kappa shape index (κ3) is 3.06. The summed E-state index contributed by atoms with van der Waals surface area (Å²) in [5, 5.41) is 3.68. The molecule has 0 aromatic carbocycles. The first-order valence-corrected chi connectivity index (χ1v) is 7.41. The molecule has 1 atom stereocenters. The van der Waals surface area contributed by atoms with E-state index in [0.717, 1.165) is 12.5 Å². The van der Waals surface area contributed by atoms with Gasteiger partial charge in [-0.05, 0) is 24.7 Å². The third-order valence-corrected chi connectivity index (χ3v) is 4.28. The molecule has 1 N–H and O–H groups in total. The Balaban J connectivity index is 2.01. The van der Waals surface area contributed by atoms with Crippen LogP contribution >= 0.6 is 0 Å². The van der Waals surface area contributed by atoms with Crippen LogP contribution in [0.2, 0.25) is 0 Å². The molecule has 0 radical (unpaired) electrons. The molecule has 2 rings (SSSR count). The number of rotatable bonds is 5. The van der Waals surface area contributed by atoms with Crippen molar-refractivity contribution in [3.8, 4) is 0 Å². The molecular formula is C15H27N3. The lowest BCUT2D eigenvalue weighted by Gasteiger charge is -2.39. The largest absolute Gasteiger partial charge is 0.352 e. The lowest BCUT2D eigenvalue weighted by Crippen LogP contribution is -2.39. The van der Waals surface area contributed by atoms with Crippen molar-refractivity contribution in [1.82, 2.24) is 9.55 Å². The van der Waals surface area contributed by atoms with Crippen LogP contribution in [0.4, 0.5) is 5.95 Å². The molecule has 18 heavy (non-hydrogen) atoms. The van der Waals surface area contributed by atoms with Gasteiger partial charge in [-0.15, -0.1) is 0 Å².